The van der Waals surface area contributed by atoms with Gasteiger partial charge in [-0.3, -0.25) is 9.59 Å². The molecular formula is C13H14O4. The molecular weight excluding hydrogens is 220 g/mol. The summed E-state index contributed by atoms with van der Waals surface area (Å²) in [5.41, 5.74) is 0.826. The van der Waals surface area contributed by atoms with Gasteiger partial charge >= 0.3 is 11.9 Å². The molecule has 0 aliphatic carbocycles. The zero-order valence-electron chi connectivity index (χ0n) is 9.59. The monoisotopic (exact) mass is 234 g/mol. The third kappa shape index (κ3) is 2.64. The first-order valence-electron chi connectivity index (χ1n) is 5.57. The van der Waals surface area contributed by atoms with E-state index >= 15 is 0 Å². The molecule has 1 aliphatic heterocycles. The highest BCUT2D eigenvalue weighted by Gasteiger charge is 2.37. The SMILES string of the molecule is CC(=O)O[C@@H](c1ccccc1)[C@@H]1CCOC1=O. The summed E-state index contributed by atoms with van der Waals surface area (Å²) >= 11 is 0. The molecule has 0 bridgehead atoms. The molecule has 90 valence electrons. The van der Waals surface area contributed by atoms with Crippen LogP contribution in [0.15, 0.2) is 30.3 Å². The number of esters is 2. The topological polar surface area (TPSA) is 52.6 Å². The fourth-order valence-corrected chi connectivity index (χ4v) is 1.99. The molecule has 1 aromatic rings. The van der Waals surface area contributed by atoms with E-state index in [0.717, 1.165) is 5.56 Å². The number of ether oxygens (including phenoxy) is 2. The van der Waals surface area contributed by atoms with Crippen molar-refractivity contribution in [2.45, 2.75) is 19.4 Å². The highest BCUT2D eigenvalue weighted by atomic mass is 16.6. The first-order valence-corrected chi connectivity index (χ1v) is 5.57. The van der Waals surface area contributed by atoms with E-state index < -0.39 is 12.1 Å². The van der Waals surface area contributed by atoms with Crippen molar-refractivity contribution < 1.29 is 19.1 Å². The van der Waals surface area contributed by atoms with Gasteiger partial charge in [-0.05, 0) is 12.0 Å². The minimum Gasteiger partial charge on any atom is -0.465 e. The lowest BCUT2D eigenvalue weighted by Gasteiger charge is -2.20. The van der Waals surface area contributed by atoms with Gasteiger partial charge in [-0.1, -0.05) is 30.3 Å². The highest BCUT2D eigenvalue weighted by Crippen LogP contribution is 2.32. The lowest BCUT2D eigenvalue weighted by atomic mass is 9.94. The first-order chi connectivity index (χ1) is 8.18. The van der Waals surface area contributed by atoms with E-state index in [0.29, 0.717) is 13.0 Å². The van der Waals surface area contributed by atoms with Gasteiger partial charge in [0.15, 0.2) is 0 Å². The molecule has 0 unspecified atom stereocenters. The summed E-state index contributed by atoms with van der Waals surface area (Å²) in [6.07, 6.45) is 0.0507. The predicted octanol–water partition coefficient (Wildman–Crippen LogP) is 1.85. The van der Waals surface area contributed by atoms with Gasteiger partial charge in [-0.15, -0.1) is 0 Å². The second-order valence-electron chi connectivity index (χ2n) is 4.00. The van der Waals surface area contributed by atoms with Crippen LogP contribution >= 0.6 is 0 Å². The number of rotatable bonds is 3. The highest BCUT2D eigenvalue weighted by molar-refractivity contribution is 5.76. The average molecular weight is 234 g/mol. The van der Waals surface area contributed by atoms with E-state index in [1.807, 2.05) is 30.3 Å². The standard InChI is InChI=1S/C13H14O4/c1-9(14)17-12(10-5-3-2-4-6-10)11-7-8-16-13(11)15/h2-6,11-12H,7-8H2,1H3/t11-,12-/m0/s1. The van der Waals surface area contributed by atoms with Crippen molar-refractivity contribution in [3.8, 4) is 0 Å². The molecule has 2 rings (SSSR count). The Hall–Kier alpha value is -1.84. The molecule has 0 saturated carbocycles. The summed E-state index contributed by atoms with van der Waals surface area (Å²) in [6, 6.07) is 9.28. The van der Waals surface area contributed by atoms with Crippen molar-refractivity contribution in [2.24, 2.45) is 5.92 Å². The molecule has 17 heavy (non-hydrogen) atoms. The number of hydrogen-bond donors (Lipinski definition) is 0. The molecule has 4 nitrogen and oxygen atoms in total. The third-order valence-electron chi connectivity index (χ3n) is 2.76. The van der Waals surface area contributed by atoms with E-state index in [-0.39, 0.29) is 11.9 Å². The maximum absolute atomic E-state index is 11.6. The van der Waals surface area contributed by atoms with Crippen molar-refractivity contribution in [1.29, 1.82) is 0 Å². The molecule has 1 aromatic carbocycles. The van der Waals surface area contributed by atoms with Crippen LogP contribution in [-0.4, -0.2) is 18.5 Å². The zero-order chi connectivity index (χ0) is 12.3. The Balaban J connectivity index is 2.25. The molecule has 0 spiro atoms. The molecule has 0 radical (unpaired) electrons. The van der Waals surface area contributed by atoms with Crippen LogP contribution in [0.3, 0.4) is 0 Å². The molecule has 1 fully saturated rings. The minimum absolute atomic E-state index is 0.292. The molecule has 1 aliphatic rings. The molecule has 2 atom stereocenters. The maximum atomic E-state index is 11.6. The maximum Gasteiger partial charge on any atom is 0.313 e. The van der Waals surface area contributed by atoms with Crippen molar-refractivity contribution in [3.05, 3.63) is 35.9 Å². The summed E-state index contributed by atoms with van der Waals surface area (Å²) < 4.78 is 10.2. The Labute approximate surface area is 99.5 Å². The quantitative estimate of drug-likeness (QED) is 0.749. The summed E-state index contributed by atoms with van der Waals surface area (Å²) in [7, 11) is 0. The van der Waals surface area contributed by atoms with Gasteiger partial charge in [0, 0.05) is 6.92 Å². The lowest BCUT2D eigenvalue weighted by molar-refractivity contribution is -0.155. The summed E-state index contributed by atoms with van der Waals surface area (Å²) in [5.74, 6) is -1.07. The summed E-state index contributed by atoms with van der Waals surface area (Å²) in [5, 5.41) is 0. The van der Waals surface area contributed by atoms with Crippen LogP contribution in [0.5, 0.6) is 0 Å². The Morgan fingerprint density at radius 2 is 2.12 bits per heavy atom. The smallest absolute Gasteiger partial charge is 0.313 e. The van der Waals surface area contributed by atoms with Crippen LogP contribution in [-0.2, 0) is 19.1 Å². The van der Waals surface area contributed by atoms with Gasteiger partial charge in [0.2, 0.25) is 0 Å². The second-order valence-corrected chi connectivity index (χ2v) is 4.00. The molecule has 1 heterocycles. The Bertz CT molecular complexity index is 413. The zero-order valence-corrected chi connectivity index (χ0v) is 9.59. The second kappa shape index (κ2) is 4.99. The van der Waals surface area contributed by atoms with Gasteiger partial charge in [0.25, 0.3) is 0 Å². The number of carbonyl (C=O) groups is 2. The minimum atomic E-state index is -0.538. The Morgan fingerprint density at radius 1 is 1.41 bits per heavy atom. The van der Waals surface area contributed by atoms with E-state index in [4.69, 9.17) is 9.47 Å². The predicted molar refractivity (Wildman–Crippen MR) is 60.0 cm³/mol. The van der Waals surface area contributed by atoms with Crippen LogP contribution < -0.4 is 0 Å². The van der Waals surface area contributed by atoms with Crippen molar-refractivity contribution in [2.75, 3.05) is 6.61 Å². The summed E-state index contributed by atoms with van der Waals surface area (Å²) in [4.78, 5) is 22.7. The van der Waals surface area contributed by atoms with Crippen LogP contribution in [0.1, 0.15) is 25.0 Å². The Kier molecular flexibility index (Phi) is 3.42. The normalized spacial score (nSPS) is 20.8. The van der Waals surface area contributed by atoms with Gasteiger partial charge in [-0.25, -0.2) is 0 Å². The average Bonchev–Trinajstić information content (AvgIpc) is 2.73. The van der Waals surface area contributed by atoms with Crippen LogP contribution in [0.25, 0.3) is 0 Å². The van der Waals surface area contributed by atoms with Crippen molar-refractivity contribution >= 4 is 11.9 Å². The van der Waals surface area contributed by atoms with Crippen molar-refractivity contribution in [1.82, 2.24) is 0 Å². The van der Waals surface area contributed by atoms with Gasteiger partial charge < -0.3 is 9.47 Å². The fourth-order valence-electron chi connectivity index (χ4n) is 1.99. The van der Waals surface area contributed by atoms with Gasteiger partial charge in [0.1, 0.15) is 12.0 Å². The number of cyclic esters (lactones) is 1. The first kappa shape index (κ1) is 11.6. The van der Waals surface area contributed by atoms with E-state index in [9.17, 15) is 9.59 Å². The molecule has 0 N–H and O–H groups in total. The number of hydrogen-bond acceptors (Lipinski definition) is 4. The van der Waals surface area contributed by atoms with E-state index in [1.54, 1.807) is 0 Å². The molecule has 0 aromatic heterocycles. The van der Waals surface area contributed by atoms with E-state index in [1.165, 1.54) is 6.92 Å². The largest absolute Gasteiger partial charge is 0.465 e. The lowest BCUT2D eigenvalue weighted by Crippen LogP contribution is -2.22. The number of benzene rings is 1. The number of carbonyl (C=O) groups excluding carboxylic acids is 2. The van der Waals surface area contributed by atoms with Crippen LogP contribution in [0.4, 0.5) is 0 Å². The third-order valence-corrected chi connectivity index (χ3v) is 2.76. The molecule has 1 saturated heterocycles. The van der Waals surface area contributed by atoms with Crippen LogP contribution in [0.2, 0.25) is 0 Å². The van der Waals surface area contributed by atoms with Gasteiger partial charge in [0.05, 0.1) is 6.61 Å². The van der Waals surface area contributed by atoms with Crippen LogP contribution in [0, 0.1) is 5.92 Å². The van der Waals surface area contributed by atoms with Gasteiger partial charge in [-0.2, -0.15) is 0 Å². The summed E-state index contributed by atoms with van der Waals surface area (Å²) in [6.45, 7) is 1.74. The van der Waals surface area contributed by atoms with E-state index in [2.05, 4.69) is 0 Å². The Morgan fingerprint density at radius 3 is 2.65 bits per heavy atom. The molecule has 0 amide bonds. The fraction of sp³-hybridized carbons (Fsp3) is 0.385. The molecule has 4 heteroatoms. The van der Waals surface area contributed by atoms with Crippen molar-refractivity contribution in [3.63, 3.8) is 0 Å².